The summed E-state index contributed by atoms with van der Waals surface area (Å²) >= 11 is 10.4. The molecule has 0 aliphatic rings. The fourth-order valence-electron chi connectivity index (χ4n) is 9.34. The van der Waals surface area contributed by atoms with Crippen LogP contribution in [0.3, 0.4) is 0 Å². The van der Waals surface area contributed by atoms with Crippen LogP contribution in [0.1, 0.15) is 33.7 Å². The highest BCUT2D eigenvalue weighted by Gasteiger charge is 2.22. The molecule has 13 rings (SSSR count). The molecule has 0 saturated carbocycles. The topological polar surface area (TPSA) is 44.9 Å². The molecule has 0 N–H and O–H groups in total. The van der Waals surface area contributed by atoms with Gasteiger partial charge in [0.05, 0.1) is 35.8 Å². The van der Waals surface area contributed by atoms with Gasteiger partial charge >= 0.3 is 0 Å². The first-order chi connectivity index (χ1) is 31.1. The van der Waals surface area contributed by atoms with E-state index in [-0.39, 0.29) is 20.1 Å². The minimum atomic E-state index is -0.0833. The second-order valence-corrected chi connectivity index (χ2v) is 18.7. The molecular formula is C56H45ClN2O3S2. The fraction of sp³-hybridized carbons (Fsp3) is 0.125. The first-order valence-electron chi connectivity index (χ1n) is 21.4. The number of benzene rings is 8. The number of Topliss-reactive ketones (excluding diaryl/α,β-unsaturated/α-hetero) is 1. The lowest BCUT2D eigenvalue weighted by molar-refractivity contribution is -0.115. The minimum Gasteiger partial charge on any atom is -0.497 e. The molecule has 5 nitrogen and oxygen atoms in total. The van der Waals surface area contributed by atoms with Gasteiger partial charge in [-0.25, -0.2) is 0 Å². The maximum Gasteiger partial charge on any atom is 0.126 e. The minimum absolute atomic E-state index is 0. The van der Waals surface area contributed by atoms with Crippen LogP contribution < -0.4 is 9.47 Å². The first-order valence-corrected chi connectivity index (χ1v) is 22.7. The monoisotopic (exact) mass is 893 g/mol. The molecule has 5 aromatic heterocycles. The molecule has 0 amide bonds. The summed E-state index contributed by atoms with van der Waals surface area (Å²) in [7, 11) is 3.44. The second kappa shape index (κ2) is 15.9. The van der Waals surface area contributed by atoms with E-state index in [0.717, 1.165) is 27.7 Å². The van der Waals surface area contributed by atoms with Gasteiger partial charge in [-0.15, -0.1) is 22.7 Å². The van der Waals surface area contributed by atoms with Gasteiger partial charge in [-0.1, -0.05) is 103 Å². The van der Waals surface area contributed by atoms with Gasteiger partial charge in [0.1, 0.15) is 26.9 Å². The molecule has 0 fully saturated rings. The number of fused-ring (bicyclic) bond motifs is 15. The maximum atomic E-state index is 9.62. The van der Waals surface area contributed by atoms with Crippen molar-refractivity contribution in [3.05, 3.63) is 156 Å². The predicted octanol–water partition coefficient (Wildman–Crippen LogP) is 16.9. The van der Waals surface area contributed by atoms with Crippen LogP contribution in [0.5, 0.6) is 11.5 Å². The molecule has 8 aromatic carbocycles. The largest absolute Gasteiger partial charge is 0.497 e. The van der Waals surface area contributed by atoms with E-state index in [1.165, 1.54) is 113 Å². The number of para-hydroxylation sites is 2. The summed E-state index contributed by atoms with van der Waals surface area (Å²) in [6.07, 6.45) is 0. The standard InChI is InChI=1S/C26H18ClNOS.C26H17NOS.C3H6O.CH4/c1-15-6-7-16-8-9-18(13-17(16)12-15)28-25-21(4-3-5-22(25)27)24-20-11-10-19(29-2)14-23(20)30-26(24)28;1-14-6-7-15-11-21-18-4-3-5-20-24-19-9-8-17(28-2)13-23(19)29-26(24)27(25(18)20)22(21)12-16(15)10-14;1-3(2)4;/h3-14H,1-2H3;3-13H,1-2H3;1-2H3;1H4/i;;1D;. The summed E-state index contributed by atoms with van der Waals surface area (Å²) < 4.78 is 24.5. The average molecular weight is 895 g/mol. The van der Waals surface area contributed by atoms with Gasteiger partial charge in [0.2, 0.25) is 0 Å². The van der Waals surface area contributed by atoms with Crippen LogP contribution >= 0.6 is 34.3 Å². The van der Waals surface area contributed by atoms with Crippen LogP contribution in [0, 0.1) is 13.8 Å². The SMILES string of the molecule is C.COc1ccc2c(c1)sc1c2c2cccc(Cl)c2n1-c1ccc2ccc(C)cc2c1.COc1ccc2c(c1)sc1c2c2cccc3c4cc5ccc(C)cc5cc4n1c32.[2H]CC(C)=O. The smallest absolute Gasteiger partial charge is 0.126 e. The van der Waals surface area contributed by atoms with Crippen molar-refractivity contribution in [2.75, 3.05) is 14.2 Å². The third kappa shape index (κ3) is 6.52. The highest BCUT2D eigenvalue weighted by Crippen LogP contribution is 2.48. The van der Waals surface area contributed by atoms with Crippen LogP contribution in [-0.2, 0) is 4.79 Å². The Morgan fingerprint density at radius 1 is 0.578 bits per heavy atom. The Bertz CT molecular complexity index is 4010. The molecule has 5 heterocycles. The number of aromatic nitrogens is 2. The number of thiophene rings is 2. The Morgan fingerprint density at radius 3 is 1.80 bits per heavy atom. The quantitative estimate of drug-likeness (QED) is 0.177. The highest BCUT2D eigenvalue weighted by molar-refractivity contribution is 7.26. The van der Waals surface area contributed by atoms with Crippen LogP contribution in [0.25, 0.3) is 106 Å². The zero-order chi connectivity index (χ0) is 44.0. The number of ether oxygens (including phenoxy) is 2. The number of ketones is 1. The van der Waals surface area contributed by atoms with Crippen LogP contribution in [-0.4, -0.2) is 29.0 Å². The number of methoxy groups -OCH3 is 2. The summed E-state index contributed by atoms with van der Waals surface area (Å²) in [5.41, 5.74) is 7.38. The van der Waals surface area contributed by atoms with E-state index in [1.807, 2.05) is 29.5 Å². The Kier molecular flexibility index (Phi) is 9.95. The lowest BCUT2D eigenvalue weighted by Crippen LogP contribution is -1.93. The second-order valence-electron chi connectivity index (χ2n) is 16.3. The maximum absolute atomic E-state index is 9.62. The van der Waals surface area contributed by atoms with E-state index < -0.39 is 0 Å². The number of hydrogen-bond acceptors (Lipinski definition) is 5. The molecular weight excluding hydrogens is 848 g/mol. The van der Waals surface area contributed by atoms with Gasteiger partial charge in [-0.2, -0.15) is 0 Å². The molecule has 0 saturated heterocycles. The van der Waals surface area contributed by atoms with E-state index in [4.69, 9.17) is 22.4 Å². The number of carbonyl (C=O) groups excluding carboxylic acids is 1. The van der Waals surface area contributed by atoms with Gasteiger partial charge in [-0.05, 0) is 116 Å². The van der Waals surface area contributed by atoms with Gasteiger partial charge < -0.3 is 14.3 Å². The van der Waals surface area contributed by atoms with E-state index in [2.05, 4.69) is 144 Å². The van der Waals surface area contributed by atoms with Gasteiger partial charge in [0.15, 0.2) is 0 Å². The summed E-state index contributed by atoms with van der Waals surface area (Å²) in [4.78, 5) is 12.1. The molecule has 0 atom stereocenters. The number of rotatable bonds is 3. The van der Waals surface area contributed by atoms with E-state index in [9.17, 15) is 4.79 Å². The summed E-state index contributed by atoms with van der Waals surface area (Å²) in [6, 6.07) is 50.3. The molecule has 0 spiro atoms. The number of nitrogens with zero attached hydrogens (tertiary/aromatic N) is 2. The predicted molar refractivity (Wildman–Crippen MR) is 278 cm³/mol. The van der Waals surface area contributed by atoms with E-state index >= 15 is 0 Å². The number of aryl methyl sites for hydroxylation is 2. The average Bonchev–Trinajstić information content (AvgIpc) is 4.10. The molecule has 13 aromatic rings. The first kappa shape index (κ1) is 40.2. The van der Waals surface area contributed by atoms with Crippen molar-refractivity contribution in [2.45, 2.75) is 35.1 Å². The number of hydrogen-bond donors (Lipinski definition) is 0. The fourth-order valence-corrected chi connectivity index (χ4v) is 12.1. The Morgan fingerprint density at radius 2 is 1.14 bits per heavy atom. The van der Waals surface area contributed by atoms with Gasteiger partial charge in [0.25, 0.3) is 0 Å². The normalized spacial score (nSPS) is 11.8. The van der Waals surface area contributed by atoms with E-state index in [0.29, 0.717) is 0 Å². The Balaban J connectivity index is 0.000000137. The summed E-state index contributed by atoms with van der Waals surface area (Å²) in [5, 5.41) is 16.2. The third-order valence-corrected chi connectivity index (χ3v) is 14.6. The van der Waals surface area contributed by atoms with Gasteiger partial charge in [0, 0.05) is 59.5 Å². The van der Waals surface area contributed by atoms with Crippen LogP contribution in [0.4, 0.5) is 0 Å². The lowest BCUT2D eigenvalue weighted by atomic mass is 10.0. The zero-order valence-corrected chi connectivity index (χ0v) is 37.7. The lowest BCUT2D eigenvalue weighted by Gasteiger charge is -2.10. The molecule has 0 aliphatic heterocycles. The zero-order valence-electron chi connectivity index (χ0n) is 36.3. The van der Waals surface area contributed by atoms with Gasteiger partial charge in [-0.3, -0.25) is 8.97 Å². The van der Waals surface area contributed by atoms with Crippen molar-refractivity contribution < 1.29 is 15.6 Å². The Hall–Kier alpha value is -6.64. The molecule has 0 radical (unpaired) electrons. The third-order valence-electron chi connectivity index (χ3n) is 12.1. The Labute approximate surface area is 385 Å². The molecule has 8 heteroatoms. The van der Waals surface area contributed by atoms with Crippen LogP contribution in [0.2, 0.25) is 5.02 Å². The molecule has 64 heavy (non-hydrogen) atoms. The number of halogens is 1. The van der Waals surface area contributed by atoms with Crippen molar-refractivity contribution in [2.24, 2.45) is 0 Å². The molecule has 0 bridgehead atoms. The summed E-state index contributed by atoms with van der Waals surface area (Å²) in [6.45, 7) is 5.60. The molecule has 0 aliphatic carbocycles. The van der Waals surface area contributed by atoms with E-state index in [1.54, 1.807) is 25.6 Å². The van der Waals surface area contributed by atoms with Crippen molar-refractivity contribution in [3.63, 3.8) is 0 Å². The van der Waals surface area contributed by atoms with Crippen molar-refractivity contribution >= 4 is 140 Å². The number of carbonyl (C=O) groups is 1. The van der Waals surface area contributed by atoms with Crippen molar-refractivity contribution in [1.29, 1.82) is 0 Å². The summed E-state index contributed by atoms with van der Waals surface area (Å²) in [5.74, 6) is 1.71. The van der Waals surface area contributed by atoms with Crippen molar-refractivity contribution in [1.82, 2.24) is 8.97 Å². The highest BCUT2D eigenvalue weighted by atomic mass is 35.5. The van der Waals surface area contributed by atoms with Crippen LogP contribution in [0.15, 0.2) is 140 Å². The van der Waals surface area contributed by atoms with Crippen molar-refractivity contribution in [3.8, 4) is 17.2 Å². The molecule has 0 unspecified atom stereocenters. The molecule has 316 valence electrons.